The molecule has 0 amide bonds. The summed E-state index contributed by atoms with van der Waals surface area (Å²) in [6.07, 6.45) is 1.88. The Labute approximate surface area is 168 Å². The molecule has 0 aliphatic heterocycles. The Bertz CT molecular complexity index is 932. The van der Waals surface area contributed by atoms with E-state index in [0.29, 0.717) is 27.5 Å². The third-order valence-electron chi connectivity index (χ3n) is 3.69. The lowest BCUT2D eigenvalue weighted by Gasteiger charge is -2.10. The number of hydrogen-bond donors (Lipinski definition) is 2. The number of rotatable bonds is 4. The maximum absolute atomic E-state index is 6.05. The van der Waals surface area contributed by atoms with Gasteiger partial charge in [-0.2, -0.15) is 5.10 Å². The first-order chi connectivity index (χ1) is 12.4. The average molecular weight is 405 g/mol. The minimum absolute atomic E-state index is 0.495. The van der Waals surface area contributed by atoms with Crippen LogP contribution in [0.15, 0.2) is 48.7 Å². The summed E-state index contributed by atoms with van der Waals surface area (Å²) in [6, 6.07) is 13.6. The molecule has 3 aromatic rings. The molecule has 1 aromatic heterocycles. The molecule has 0 aliphatic rings. The lowest BCUT2D eigenvalue weighted by Crippen LogP contribution is -2.19. The molecule has 7 heteroatoms. The number of nitrogens with one attached hydrogen (secondary N) is 2. The van der Waals surface area contributed by atoms with Gasteiger partial charge >= 0.3 is 0 Å². The SMILES string of the molecule is Cc1cc(C)cc(NC(=S)Nc2ccn(Cc3ccc(Cl)c(Cl)c3)n2)c1. The highest BCUT2D eigenvalue weighted by atomic mass is 35.5. The van der Waals surface area contributed by atoms with E-state index >= 15 is 0 Å². The topological polar surface area (TPSA) is 41.9 Å². The van der Waals surface area contributed by atoms with Crippen molar-refractivity contribution >= 4 is 52.0 Å². The van der Waals surface area contributed by atoms with Gasteiger partial charge in [-0.1, -0.05) is 35.3 Å². The molecule has 0 spiro atoms. The number of thiocarbonyl (C=S) groups is 1. The van der Waals surface area contributed by atoms with Crippen LogP contribution in [0.5, 0.6) is 0 Å². The van der Waals surface area contributed by atoms with Crippen LogP contribution < -0.4 is 10.6 Å². The van der Waals surface area contributed by atoms with E-state index in [1.54, 1.807) is 10.7 Å². The number of benzene rings is 2. The molecular weight excluding hydrogens is 387 g/mol. The Morgan fingerprint density at radius 3 is 2.42 bits per heavy atom. The quantitative estimate of drug-likeness (QED) is 0.550. The summed E-state index contributed by atoms with van der Waals surface area (Å²) in [5.74, 6) is 0.673. The van der Waals surface area contributed by atoms with Crippen LogP contribution in [-0.4, -0.2) is 14.9 Å². The van der Waals surface area contributed by atoms with Gasteiger partial charge in [-0.25, -0.2) is 0 Å². The van der Waals surface area contributed by atoms with Crippen molar-refractivity contribution in [2.24, 2.45) is 0 Å². The van der Waals surface area contributed by atoms with Gasteiger partial charge in [0.25, 0.3) is 0 Å². The third-order valence-corrected chi connectivity index (χ3v) is 4.63. The summed E-state index contributed by atoms with van der Waals surface area (Å²) in [5, 5.41) is 12.3. The molecule has 1 heterocycles. The smallest absolute Gasteiger partial charge is 0.176 e. The first-order valence-corrected chi connectivity index (χ1v) is 9.19. The normalized spacial score (nSPS) is 10.6. The summed E-state index contributed by atoms with van der Waals surface area (Å²) in [7, 11) is 0. The molecule has 0 unspecified atom stereocenters. The van der Waals surface area contributed by atoms with Gasteiger partial charge < -0.3 is 10.6 Å². The van der Waals surface area contributed by atoms with Crippen molar-refractivity contribution in [1.29, 1.82) is 0 Å². The van der Waals surface area contributed by atoms with Crippen LogP contribution in [0.1, 0.15) is 16.7 Å². The first kappa shape index (κ1) is 18.7. The van der Waals surface area contributed by atoms with Crippen molar-refractivity contribution in [2.45, 2.75) is 20.4 Å². The summed E-state index contributed by atoms with van der Waals surface area (Å²) in [4.78, 5) is 0. The lowest BCUT2D eigenvalue weighted by molar-refractivity contribution is 0.690. The van der Waals surface area contributed by atoms with E-state index in [0.717, 1.165) is 11.3 Å². The predicted octanol–water partition coefficient (Wildman–Crippen LogP) is 5.66. The van der Waals surface area contributed by atoms with E-state index in [-0.39, 0.29) is 0 Å². The van der Waals surface area contributed by atoms with Crippen LogP contribution in [0.4, 0.5) is 11.5 Å². The molecule has 0 atom stereocenters. The van der Waals surface area contributed by atoms with Crippen LogP contribution in [0, 0.1) is 13.8 Å². The van der Waals surface area contributed by atoms with E-state index in [2.05, 4.69) is 35.6 Å². The van der Waals surface area contributed by atoms with E-state index in [9.17, 15) is 0 Å². The molecule has 0 saturated heterocycles. The van der Waals surface area contributed by atoms with Crippen LogP contribution >= 0.6 is 35.4 Å². The van der Waals surface area contributed by atoms with E-state index in [4.69, 9.17) is 35.4 Å². The Morgan fingerprint density at radius 1 is 1.00 bits per heavy atom. The number of anilines is 2. The van der Waals surface area contributed by atoms with Gasteiger partial charge in [-0.05, 0) is 67.0 Å². The maximum atomic E-state index is 6.05. The van der Waals surface area contributed by atoms with Gasteiger partial charge in [0.15, 0.2) is 10.9 Å². The molecule has 0 bridgehead atoms. The fourth-order valence-corrected chi connectivity index (χ4v) is 3.21. The third kappa shape index (κ3) is 4.97. The molecule has 3 rings (SSSR count). The highest BCUT2D eigenvalue weighted by Gasteiger charge is 2.05. The second kappa shape index (κ2) is 8.08. The zero-order valence-corrected chi connectivity index (χ0v) is 16.7. The summed E-state index contributed by atoms with van der Waals surface area (Å²) >= 11 is 17.4. The number of nitrogens with zero attached hydrogens (tertiary/aromatic N) is 2. The van der Waals surface area contributed by atoms with E-state index in [1.807, 2.05) is 36.5 Å². The van der Waals surface area contributed by atoms with Crippen molar-refractivity contribution in [3.8, 4) is 0 Å². The van der Waals surface area contributed by atoms with E-state index in [1.165, 1.54) is 11.1 Å². The van der Waals surface area contributed by atoms with Gasteiger partial charge in [0.1, 0.15) is 0 Å². The molecule has 2 aromatic carbocycles. The molecule has 0 fully saturated rings. The van der Waals surface area contributed by atoms with Crippen molar-refractivity contribution in [3.63, 3.8) is 0 Å². The van der Waals surface area contributed by atoms with Gasteiger partial charge in [0.2, 0.25) is 0 Å². The first-order valence-electron chi connectivity index (χ1n) is 8.03. The Hall–Kier alpha value is -2.08. The molecule has 0 aliphatic carbocycles. The fourth-order valence-electron chi connectivity index (χ4n) is 2.67. The highest BCUT2D eigenvalue weighted by molar-refractivity contribution is 7.80. The predicted molar refractivity (Wildman–Crippen MR) is 114 cm³/mol. The van der Waals surface area contributed by atoms with Crippen molar-refractivity contribution in [2.75, 3.05) is 10.6 Å². The van der Waals surface area contributed by atoms with Crippen molar-refractivity contribution in [1.82, 2.24) is 9.78 Å². The van der Waals surface area contributed by atoms with Crippen LogP contribution in [0.2, 0.25) is 10.0 Å². The van der Waals surface area contributed by atoms with Gasteiger partial charge in [0, 0.05) is 18.0 Å². The van der Waals surface area contributed by atoms with E-state index < -0.39 is 0 Å². The summed E-state index contributed by atoms with van der Waals surface area (Å²) in [6.45, 7) is 4.70. The number of aryl methyl sites for hydroxylation is 2. The largest absolute Gasteiger partial charge is 0.332 e. The molecule has 0 radical (unpaired) electrons. The zero-order valence-electron chi connectivity index (χ0n) is 14.4. The van der Waals surface area contributed by atoms with Crippen molar-refractivity contribution in [3.05, 3.63) is 75.4 Å². The molecule has 26 heavy (non-hydrogen) atoms. The van der Waals surface area contributed by atoms with Gasteiger partial charge in [-0.3, -0.25) is 4.68 Å². The highest BCUT2D eigenvalue weighted by Crippen LogP contribution is 2.23. The second-order valence-corrected chi connectivity index (χ2v) is 7.33. The fraction of sp³-hybridized carbons (Fsp3) is 0.158. The average Bonchev–Trinajstić information content (AvgIpc) is 2.96. The standard InChI is InChI=1S/C19H18Cl2N4S/c1-12-7-13(2)9-15(8-12)22-19(26)23-18-5-6-25(24-18)11-14-3-4-16(20)17(21)10-14/h3-10H,11H2,1-2H3,(H2,22,23,24,26). The Kier molecular flexibility index (Phi) is 5.81. The summed E-state index contributed by atoms with van der Waals surface area (Å²) < 4.78 is 1.81. The molecule has 4 nitrogen and oxygen atoms in total. The zero-order chi connectivity index (χ0) is 18.7. The van der Waals surface area contributed by atoms with Gasteiger partial charge in [0.05, 0.1) is 16.6 Å². The Morgan fingerprint density at radius 2 is 1.73 bits per heavy atom. The number of hydrogen-bond acceptors (Lipinski definition) is 2. The number of halogens is 2. The van der Waals surface area contributed by atoms with Crippen LogP contribution in [-0.2, 0) is 6.54 Å². The molecule has 134 valence electrons. The minimum atomic E-state index is 0.495. The monoisotopic (exact) mass is 404 g/mol. The second-order valence-electron chi connectivity index (χ2n) is 6.10. The van der Waals surface area contributed by atoms with Crippen LogP contribution in [0.25, 0.3) is 0 Å². The summed E-state index contributed by atoms with van der Waals surface area (Å²) in [5.41, 5.74) is 4.34. The number of aromatic nitrogens is 2. The van der Waals surface area contributed by atoms with Crippen LogP contribution in [0.3, 0.4) is 0 Å². The molecular formula is C19H18Cl2N4S. The maximum Gasteiger partial charge on any atom is 0.176 e. The van der Waals surface area contributed by atoms with Gasteiger partial charge in [-0.15, -0.1) is 0 Å². The molecule has 2 N–H and O–H groups in total. The van der Waals surface area contributed by atoms with Crippen molar-refractivity contribution < 1.29 is 0 Å². The Balaban J connectivity index is 1.62. The minimum Gasteiger partial charge on any atom is -0.332 e. The lowest BCUT2D eigenvalue weighted by atomic mass is 10.1. The molecule has 0 saturated carbocycles.